The molecule has 0 aliphatic rings. The second-order valence-corrected chi connectivity index (χ2v) is 4.71. The number of aliphatic hydroxyl groups is 1. The Morgan fingerprint density at radius 3 is 2.07 bits per heavy atom. The molecule has 1 rings (SSSR count). The summed E-state index contributed by atoms with van der Waals surface area (Å²) in [6.07, 6.45) is 0.196. The SMILES string of the molecule is Cc1cc(F)c(CC(C)(C)CO)c(F)c1. The Kier molecular flexibility index (Phi) is 3.45. The van der Waals surface area contributed by atoms with Gasteiger partial charge in [-0.15, -0.1) is 0 Å². The number of hydrogen-bond donors (Lipinski definition) is 1. The van der Waals surface area contributed by atoms with Crippen LogP contribution < -0.4 is 0 Å². The summed E-state index contributed by atoms with van der Waals surface area (Å²) < 4.78 is 26.9. The van der Waals surface area contributed by atoms with E-state index in [1.165, 1.54) is 12.1 Å². The lowest BCUT2D eigenvalue weighted by Crippen LogP contribution is -2.21. The molecule has 0 atom stereocenters. The fraction of sp³-hybridized carbons (Fsp3) is 0.500. The Balaban J connectivity index is 3.05. The first-order valence-corrected chi connectivity index (χ1v) is 4.91. The van der Waals surface area contributed by atoms with Gasteiger partial charge in [0.1, 0.15) is 11.6 Å². The van der Waals surface area contributed by atoms with Crippen molar-refractivity contribution in [3.63, 3.8) is 0 Å². The van der Waals surface area contributed by atoms with Crippen molar-refractivity contribution in [1.29, 1.82) is 0 Å². The molecule has 0 saturated carbocycles. The van der Waals surface area contributed by atoms with Crippen LogP contribution in [0, 0.1) is 24.0 Å². The van der Waals surface area contributed by atoms with E-state index in [-0.39, 0.29) is 18.6 Å². The average molecular weight is 214 g/mol. The Hall–Kier alpha value is -0.960. The van der Waals surface area contributed by atoms with Gasteiger partial charge < -0.3 is 5.11 Å². The molecule has 0 saturated heterocycles. The van der Waals surface area contributed by atoms with Crippen molar-refractivity contribution in [2.24, 2.45) is 5.41 Å². The molecule has 0 aliphatic heterocycles. The normalized spacial score (nSPS) is 11.9. The van der Waals surface area contributed by atoms with E-state index in [4.69, 9.17) is 5.11 Å². The Bertz CT molecular complexity index is 336. The number of benzene rings is 1. The quantitative estimate of drug-likeness (QED) is 0.820. The Morgan fingerprint density at radius 1 is 1.20 bits per heavy atom. The van der Waals surface area contributed by atoms with Crippen molar-refractivity contribution in [3.8, 4) is 0 Å². The van der Waals surface area contributed by atoms with Crippen LogP contribution in [-0.4, -0.2) is 11.7 Å². The highest BCUT2D eigenvalue weighted by Crippen LogP contribution is 2.25. The van der Waals surface area contributed by atoms with Gasteiger partial charge >= 0.3 is 0 Å². The molecule has 1 aromatic carbocycles. The highest BCUT2D eigenvalue weighted by molar-refractivity contribution is 5.26. The maximum Gasteiger partial charge on any atom is 0.129 e. The van der Waals surface area contributed by atoms with Crippen LogP contribution in [0.1, 0.15) is 25.0 Å². The number of halogens is 2. The lowest BCUT2D eigenvalue weighted by atomic mass is 9.86. The van der Waals surface area contributed by atoms with Gasteiger partial charge in [-0.2, -0.15) is 0 Å². The molecule has 1 aromatic rings. The van der Waals surface area contributed by atoms with Crippen LogP contribution in [0.2, 0.25) is 0 Å². The maximum absolute atomic E-state index is 13.5. The molecule has 0 heterocycles. The zero-order valence-electron chi connectivity index (χ0n) is 9.27. The first-order chi connectivity index (χ1) is 6.85. The Labute approximate surface area is 88.7 Å². The monoisotopic (exact) mass is 214 g/mol. The van der Waals surface area contributed by atoms with E-state index >= 15 is 0 Å². The summed E-state index contributed by atoms with van der Waals surface area (Å²) >= 11 is 0. The molecule has 84 valence electrons. The van der Waals surface area contributed by atoms with E-state index < -0.39 is 17.0 Å². The average Bonchev–Trinajstić information content (AvgIpc) is 2.11. The fourth-order valence-corrected chi connectivity index (χ4v) is 1.43. The van der Waals surface area contributed by atoms with Crippen LogP contribution in [-0.2, 0) is 6.42 Å². The minimum Gasteiger partial charge on any atom is -0.396 e. The number of hydrogen-bond acceptors (Lipinski definition) is 1. The molecule has 0 spiro atoms. The maximum atomic E-state index is 13.5. The molecule has 0 aliphatic carbocycles. The first kappa shape index (κ1) is 12.1. The van der Waals surface area contributed by atoms with Gasteiger partial charge in [0.25, 0.3) is 0 Å². The predicted octanol–water partition coefficient (Wildman–Crippen LogP) is 2.83. The van der Waals surface area contributed by atoms with Crippen molar-refractivity contribution in [2.75, 3.05) is 6.61 Å². The van der Waals surface area contributed by atoms with Gasteiger partial charge in [0, 0.05) is 12.2 Å². The van der Waals surface area contributed by atoms with Crippen LogP contribution >= 0.6 is 0 Å². The summed E-state index contributed by atoms with van der Waals surface area (Å²) in [6, 6.07) is 2.62. The van der Waals surface area contributed by atoms with Crippen molar-refractivity contribution in [2.45, 2.75) is 27.2 Å². The molecule has 0 unspecified atom stereocenters. The van der Waals surface area contributed by atoms with E-state index in [0.717, 1.165) is 0 Å². The van der Waals surface area contributed by atoms with Gasteiger partial charge in [0.05, 0.1) is 0 Å². The highest BCUT2D eigenvalue weighted by atomic mass is 19.1. The summed E-state index contributed by atoms with van der Waals surface area (Å²) in [5.41, 5.74) is 0.118. The lowest BCUT2D eigenvalue weighted by Gasteiger charge is -2.22. The van der Waals surface area contributed by atoms with Crippen LogP contribution in [0.25, 0.3) is 0 Å². The molecule has 0 radical (unpaired) electrons. The second kappa shape index (κ2) is 4.27. The predicted molar refractivity (Wildman–Crippen MR) is 55.7 cm³/mol. The molecule has 0 bridgehead atoms. The number of aryl methyl sites for hydroxylation is 1. The minimum atomic E-state index is -0.533. The van der Waals surface area contributed by atoms with E-state index in [0.29, 0.717) is 5.56 Å². The summed E-state index contributed by atoms with van der Waals surface area (Å²) in [5, 5.41) is 9.05. The summed E-state index contributed by atoms with van der Waals surface area (Å²) in [5.74, 6) is -1.07. The van der Waals surface area contributed by atoms with E-state index in [2.05, 4.69) is 0 Å². The van der Waals surface area contributed by atoms with Crippen LogP contribution in [0.15, 0.2) is 12.1 Å². The van der Waals surface area contributed by atoms with Gasteiger partial charge in [-0.25, -0.2) is 8.78 Å². The number of aliphatic hydroxyl groups excluding tert-OH is 1. The molecule has 1 nitrogen and oxygen atoms in total. The van der Waals surface area contributed by atoms with Gasteiger partial charge in [-0.3, -0.25) is 0 Å². The van der Waals surface area contributed by atoms with Gasteiger partial charge in [-0.05, 0) is 36.5 Å². The van der Waals surface area contributed by atoms with Gasteiger partial charge in [0.15, 0.2) is 0 Å². The van der Waals surface area contributed by atoms with Gasteiger partial charge in [0.2, 0.25) is 0 Å². The molecule has 15 heavy (non-hydrogen) atoms. The molecule has 0 amide bonds. The first-order valence-electron chi connectivity index (χ1n) is 4.91. The van der Waals surface area contributed by atoms with Crippen molar-refractivity contribution in [3.05, 3.63) is 34.9 Å². The molecule has 3 heteroatoms. The van der Waals surface area contributed by atoms with E-state index in [1.54, 1.807) is 20.8 Å². The van der Waals surface area contributed by atoms with Crippen LogP contribution in [0.5, 0.6) is 0 Å². The number of rotatable bonds is 3. The topological polar surface area (TPSA) is 20.2 Å². The van der Waals surface area contributed by atoms with Crippen LogP contribution in [0.3, 0.4) is 0 Å². The molecule has 1 N–H and O–H groups in total. The largest absolute Gasteiger partial charge is 0.396 e. The highest BCUT2D eigenvalue weighted by Gasteiger charge is 2.22. The summed E-state index contributed by atoms with van der Waals surface area (Å²) in [4.78, 5) is 0. The fourth-order valence-electron chi connectivity index (χ4n) is 1.43. The minimum absolute atomic E-state index is 0.0552. The van der Waals surface area contributed by atoms with Crippen LogP contribution in [0.4, 0.5) is 8.78 Å². The molecule has 0 fully saturated rings. The zero-order chi connectivity index (χ0) is 11.6. The van der Waals surface area contributed by atoms with Gasteiger partial charge in [-0.1, -0.05) is 13.8 Å². The van der Waals surface area contributed by atoms with Crippen molar-refractivity contribution < 1.29 is 13.9 Å². The summed E-state index contributed by atoms with van der Waals surface area (Å²) in [7, 11) is 0. The molecular weight excluding hydrogens is 198 g/mol. The third-order valence-electron chi connectivity index (χ3n) is 2.37. The lowest BCUT2D eigenvalue weighted by molar-refractivity contribution is 0.157. The molecule has 0 aromatic heterocycles. The van der Waals surface area contributed by atoms with E-state index in [9.17, 15) is 8.78 Å². The van der Waals surface area contributed by atoms with E-state index in [1.807, 2.05) is 0 Å². The standard InChI is InChI=1S/C12H16F2O/c1-8-4-10(13)9(11(14)5-8)6-12(2,3)7-15/h4-5,15H,6-7H2,1-3H3. The zero-order valence-corrected chi connectivity index (χ0v) is 9.27. The van der Waals surface area contributed by atoms with Crippen molar-refractivity contribution >= 4 is 0 Å². The summed E-state index contributed by atoms with van der Waals surface area (Å²) in [6.45, 7) is 5.09. The second-order valence-electron chi connectivity index (χ2n) is 4.71. The van der Waals surface area contributed by atoms with Crippen molar-refractivity contribution in [1.82, 2.24) is 0 Å². The third kappa shape index (κ3) is 2.99. The smallest absolute Gasteiger partial charge is 0.129 e. The third-order valence-corrected chi connectivity index (χ3v) is 2.37. The Morgan fingerprint density at radius 2 is 1.67 bits per heavy atom. The molecular formula is C12H16F2O.